The van der Waals surface area contributed by atoms with Crippen LogP contribution in [0.15, 0.2) is 0 Å². The summed E-state index contributed by atoms with van der Waals surface area (Å²) in [4.78, 5) is 14.3. The fraction of sp³-hybridized carbons (Fsp3) is 0.941. The Balaban J connectivity index is 0.00000192. The summed E-state index contributed by atoms with van der Waals surface area (Å²) >= 11 is 0. The van der Waals surface area contributed by atoms with Crippen molar-refractivity contribution < 1.29 is 14.6 Å². The standard InChI is InChI=1S/C17H30N2O3.ClH/c1-12-2-4-14(5-3-12)22-15-6-8-19(9-7-15)17(21)16-10-13(20)11-18-16;/h12-16,18,20H,2-11H2,1H3;1H. The Kier molecular flexibility index (Phi) is 7.14. The van der Waals surface area contributed by atoms with E-state index in [4.69, 9.17) is 4.74 Å². The minimum absolute atomic E-state index is 0. The number of aliphatic hydroxyl groups is 1. The van der Waals surface area contributed by atoms with Gasteiger partial charge in [-0.15, -0.1) is 12.4 Å². The van der Waals surface area contributed by atoms with E-state index in [0.717, 1.165) is 31.8 Å². The molecule has 0 aromatic heterocycles. The molecule has 5 nitrogen and oxygen atoms in total. The summed E-state index contributed by atoms with van der Waals surface area (Å²) in [5, 5.41) is 12.6. The quantitative estimate of drug-likeness (QED) is 0.816. The molecule has 2 N–H and O–H groups in total. The van der Waals surface area contributed by atoms with E-state index in [1.807, 2.05) is 4.90 Å². The van der Waals surface area contributed by atoms with Gasteiger partial charge < -0.3 is 20.1 Å². The molecule has 134 valence electrons. The molecule has 2 heterocycles. The van der Waals surface area contributed by atoms with E-state index in [9.17, 15) is 9.90 Å². The van der Waals surface area contributed by atoms with Crippen molar-refractivity contribution in [3.05, 3.63) is 0 Å². The smallest absolute Gasteiger partial charge is 0.239 e. The van der Waals surface area contributed by atoms with Gasteiger partial charge in [0.05, 0.1) is 24.4 Å². The number of β-amino-alcohol motifs (C(OH)–C–C–N with tert-alkyl or cyclic N) is 1. The predicted octanol–water partition coefficient (Wildman–Crippen LogP) is 1.72. The molecule has 3 rings (SSSR count). The molecule has 0 aromatic rings. The van der Waals surface area contributed by atoms with Gasteiger partial charge in [-0.25, -0.2) is 0 Å². The van der Waals surface area contributed by atoms with Crippen LogP contribution in [0, 0.1) is 5.92 Å². The first kappa shape index (κ1) is 19.0. The molecule has 0 aromatic carbocycles. The zero-order chi connectivity index (χ0) is 15.5. The number of carbonyl (C=O) groups is 1. The number of hydrogen-bond acceptors (Lipinski definition) is 4. The molecule has 3 fully saturated rings. The number of piperidine rings is 1. The normalized spacial score (nSPS) is 35.8. The number of nitrogens with zero attached hydrogens (tertiary/aromatic N) is 1. The van der Waals surface area contributed by atoms with Gasteiger partial charge in [-0.05, 0) is 50.9 Å². The van der Waals surface area contributed by atoms with Gasteiger partial charge in [0.25, 0.3) is 0 Å². The van der Waals surface area contributed by atoms with E-state index in [1.165, 1.54) is 25.7 Å². The van der Waals surface area contributed by atoms with Gasteiger partial charge in [-0.3, -0.25) is 4.79 Å². The first-order chi connectivity index (χ1) is 10.6. The Morgan fingerprint density at radius 3 is 2.26 bits per heavy atom. The maximum absolute atomic E-state index is 12.4. The average molecular weight is 347 g/mol. The topological polar surface area (TPSA) is 61.8 Å². The molecular weight excluding hydrogens is 316 g/mol. The highest BCUT2D eigenvalue weighted by molar-refractivity contribution is 5.85. The second-order valence-corrected chi connectivity index (χ2v) is 7.39. The molecule has 3 aliphatic rings. The fourth-order valence-electron chi connectivity index (χ4n) is 3.98. The summed E-state index contributed by atoms with van der Waals surface area (Å²) in [6.45, 7) is 4.45. The number of aliphatic hydroxyl groups excluding tert-OH is 1. The number of carbonyl (C=O) groups excluding carboxylic acids is 1. The summed E-state index contributed by atoms with van der Waals surface area (Å²) < 4.78 is 6.26. The van der Waals surface area contributed by atoms with E-state index in [2.05, 4.69) is 12.2 Å². The predicted molar refractivity (Wildman–Crippen MR) is 91.8 cm³/mol. The van der Waals surface area contributed by atoms with Gasteiger partial charge in [0, 0.05) is 19.6 Å². The Bertz CT molecular complexity index is 380. The van der Waals surface area contributed by atoms with Crippen LogP contribution in [0.5, 0.6) is 0 Å². The maximum atomic E-state index is 12.4. The number of amides is 1. The van der Waals surface area contributed by atoms with Crippen molar-refractivity contribution in [1.82, 2.24) is 10.2 Å². The minimum Gasteiger partial charge on any atom is -0.392 e. The highest BCUT2D eigenvalue weighted by Gasteiger charge is 2.33. The number of hydrogen-bond donors (Lipinski definition) is 2. The third-order valence-corrected chi connectivity index (χ3v) is 5.51. The van der Waals surface area contributed by atoms with Crippen LogP contribution in [0.25, 0.3) is 0 Å². The molecule has 6 heteroatoms. The molecule has 0 spiro atoms. The molecule has 2 aliphatic heterocycles. The molecule has 23 heavy (non-hydrogen) atoms. The van der Waals surface area contributed by atoms with Gasteiger partial charge in [0.2, 0.25) is 5.91 Å². The average Bonchev–Trinajstić information content (AvgIpc) is 2.96. The lowest BCUT2D eigenvalue weighted by atomic mass is 9.88. The molecule has 2 atom stereocenters. The lowest BCUT2D eigenvalue weighted by Crippen LogP contribution is -2.48. The van der Waals surface area contributed by atoms with E-state index in [1.54, 1.807) is 0 Å². The van der Waals surface area contributed by atoms with E-state index < -0.39 is 0 Å². The van der Waals surface area contributed by atoms with Crippen LogP contribution in [-0.2, 0) is 9.53 Å². The second kappa shape index (κ2) is 8.65. The summed E-state index contributed by atoms with van der Waals surface area (Å²) in [6, 6.07) is -0.188. The largest absolute Gasteiger partial charge is 0.392 e. The second-order valence-electron chi connectivity index (χ2n) is 7.39. The number of likely N-dealkylation sites (tertiary alicyclic amines) is 1. The highest BCUT2D eigenvalue weighted by Crippen LogP contribution is 2.28. The first-order valence-electron chi connectivity index (χ1n) is 8.97. The zero-order valence-corrected chi connectivity index (χ0v) is 14.9. The van der Waals surface area contributed by atoms with Crippen LogP contribution in [0.4, 0.5) is 0 Å². The molecule has 2 unspecified atom stereocenters. The molecule has 1 amide bonds. The SMILES string of the molecule is CC1CCC(OC2CCN(C(=O)C3CC(O)CN3)CC2)CC1.Cl. The number of rotatable bonds is 3. The van der Waals surface area contributed by atoms with Gasteiger partial charge in [-0.1, -0.05) is 6.92 Å². The lowest BCUT2D eigenvalue weighted by molar-refractivity contribution is -0.137. The third-order valence-electron chi connectivity index (χ3n) is 5.51. The van der Waals surface area contributed by atoms with Crippen LogP contribution in [-0.4, -0.2) is 59.9 Å². The number of ether oxygens (including phenoxy) is 1. The lowest BCUT2D eigenvalue weighted by Gasteiger charge is -2.36. The zero-order valence-electron chi connectivity index (χ0n) is 14.1. The Labute approximate surface area is 145 Å². The molecule has 1 aliphatic carbocycles. The van der Waals surface area contributed by atoms with Gasteiger partial charge in [0.15, 0.2) is 0 Å². The number of halogens is 1. The Morgan fingerprint density at radius 2 is 1.70 bits per heavy atom. The van der Waals surface area contributed by atoms with Crippen molar-refractivity contribution in [2.75, 3.05) is 19.6 Å². The molecule has 2 saturated heterocycles. The van der Waals surface area contributed by atoms with Crippen molar-refractivity contribution in [3.8, 4) is 0 Å². The third kappa shape index (κ3) is 5.05. The summed E-state index contributed by atoms with van der Waals surface area (Å²) in [6.07, 6.45) is 7.82. The molecule has 1 saturated carbocycles. The summed E-state index contributed by atoms with van der Waals surface area (Å²) in [5.41, 5.74) is 0. The van der Waals surface area contributed by atoms with Crippen molar-refractivity contribution in [2.24, 2.45) is 5.92 Å². The first-order valence-corrected chi connectivity index (χ1v) is 8.97. The Morgan fingerprint density at radius 1 is 1.09 bits per heavy atom. The van der Waals surface area contributed by atoms with Crippen LogP contribution >= 0.6 is 12.4 Å². The monoisotopic (exact) mass is 346 g/mol. The summed E-state index contributed by atoms with van der Waals surface area (Å²) in [7, 11) is 0. The van der Waals surface area contributed by atoms with E-state index >= 15 is 0 Å². The molecule has 0 radical (unpaired) electrons. The van der Waals surface area contributed by atoms with Crippen LogP contribution in [0.1, 0.15) is 51.9 Å². The Hall–Kier alpha value is -0.360. The van der Waals surface area contributed by atoms with Crippen LogP contribution < -0.4 is 5.32 Å². The highest BCUT2D eigenvalue weighted by atomic mass is 35.5. The maximum Gasteiger partial charge on any atom is 0.239 e. The van der Waals surface area contributed by atoms with E-state index in [-0.39, 0.29) is 30.5 Å². The van der Waals surface area contributed by atoms with Crippen molar-refractivity contribution in [3.63, 3.8) is 0 Å². The molecule has 0 bridgehead atoms. The van der Waals surface area contributed by atoms with Crippen molar-refractivity contribution in [2.45, 2.75) is 76.2 Å². The number of nitrogens with one attached hydrogen (secondary N) is 1. The fourth-order valence-corrected chi connectivity index (χ4v) is 3.98. The van der Waals surface area contributed by atoms with Crippen LogP contribution in [0.2, 0.25) is 0 Å². The molecular formula is C17H31ClN2O3. The summed E-state index contributed by atoms with van der Waals surface area (Å²) in [5.74, 6) is 1.01. The van der Waals surface area contributed by atoms with Crippen molar-refractivity contribution >= 4 is 18.3 Å². The van der Waals surface area contributed by atoms with Gasteiger partial charge in [-0.2, -0.15) is 0 Å². The minimum atomic E-state index is -0.372. The van der Waals surface area contributed by atoms with Crippen molar-refractivity contribution in [1.29, 1.82) is 0 Å². The van der Waals surface area contributed by atoms with Gasteiger partial charge in [0.1, 0.15) is 0 Å². The van der Waals surface area contributed by atoms with Crippen LogP contribution in [0.3, 0.4) is 0 Å². The van der Waals surface area contributed by atoms with Gasteiger partial charge >= 0.3 is 0 Å². The van der Waals surface area contributed by atoms with E-state index in [0.29, 0.717) is 25.2 Å².